The average Bonchev–Trinajstić information content (AvgIpc) is 2.44. The lowest BCUT2D eigenvalue weighted by Crippen LogP contribution is -2.43. The molecule has 1 aliphatic rings. The highest BCUT2D eigenvalue weighted by atomic mass is 16.6. The minimum Gasteiger partial charge on any atom is -0.385 e. The van der Waals surface area contributed by atoms with E-state index in [2.05, 4.69) is 24.1 Å². The second-order valence-electron chi connectivity index (χ2n) is 5.93. The van der Waals surface area contributed by atoms with Crippen molar-refractivity contribution in [3.63, 3.8) is 0 Å². The number of nitro groups is 1. The van der Waals surface area contributed by atoms with Crippen LogP contribution >= 0.6 is 0 Å². The van der Waals surface area contributed by atoms with Gasteiger partial charge in [0.15, 0.2) is 0 Å². The van der Waals surface area contributed by atoms with Crippen molar-refractivity contribution >= 4 is 11.4 Å². The smallest absolute Gasteiger partial charge is 0.269 e. The van der Waals surface area contributed by atoms with Crippen LogP contribution in [0.4, 0.5) is 11.4 Å². The van der Waals surface area contributed by atoms with Gasteiger partial charge in [0.25, 0.3) is 5.69 Å². The Balaban J connectivity index is 2.27. The standard InChI is InChI=1S/C16H25N3O2/c1-4-17-16-9-8-15(19(20)21)10-14(16)11-18-12(2)6-5-7-13(18)3/h8-10,12-13,17H,4-7,11H2,1-3H3/t12-,13+. The highest BCUT2D eigenvalue weighted by molar-refractivity contribution is 5.56. The highest BCUT2D eigenvalue weighted by Gasteiger charge is 2.25. The predicted octanol–water partition coefficient (Wildman–Crippen LogP) is 3.79. The van der Waals surface area contributed by atoms with Crippen LogP contribution in [0.1, 0.15) is 45.6 Å². The number of nitro benzene ring substituents is 1. The molecule has 1 fully saturated rings. The Morgan fingerprint density at radius 2 is 2.00 bits per heavy atom. The summed E-state index contributed by atoms with van der Waals surface area (Å²) in [6.45, 7) is 8.12. The minimum absolute atomic E-state index is 0.170. The van der Waals surface area contributed by atoms with Gasteiger partial charge in [0.05, 0.1) is 4.92 Å². The van der Waals surface area contributed by atoms with E-state index in [9.17, 15) is 10.1 Å². The third-order valence-corrected chi connectivity index (χ3v) is 4.40. The van der Waals surface area contributed by atoms with E-state index in [0.29, 0.717) is 12.1 Å². The van der Waals surface area contributed by atoms with Gasteiger partial charge in [-0.25, -0.2) is 0 Å². The van der Waals surface area contributed by atoms with Crippen LogP contribution < -0.4 is 5.32 Å². The molecule has 1 aromatic carbocycles. The normalized spacial score (nSPS) is 23.0. The van der Waals surface area contributed by atoms with Crippen LogP contribution in [-0.2, 0) is 6.54 Å². The molecule has 2 atom stereocenters. The number of anilines is 1. The maximum absolute atomic E-state index is 11.0. The molecule has 5 heteroatoms. The second kappa shape index (κ2) is 6.89. The number of hydrogen-bond donors (Lipinski definition) is 1. The first kappa shape index (κ1) is 15.8. The van der Waals surface area contributed by atoms with E-state index in [1.165, 1.54) is 19.3 Å². The van der Waals surface area contributed by atoms with E-state index < -0.39 is 0 Å². The molecule has 1 N–H and O–H groups in total. The Morgan fingerprint density at radius 1 is 1.33 bits per heavy atom. The fourth-order valence-electron chi connectivity index (χ4n) is 3.17. The van der Waals surface area contributed by atoms with Gasteiger partial charge in [-0.15, -0.1) is 0 Å². The summed E-state index contributed by atoms with van der Waals surface area (Å²) < 4.78 is 0. The Morgan fingerprint density at radius 3 is 2.57 bits per heavy atom. The predicted molar refractivity (Wildman–Crippen MR) is 85.6 cm³/mol. The number of likely N-dealkylation sites (tertiary alicyclic amines) is 1. The second-order valence-corrected chi connectivity index (χ2v) is 5.93. The van der Waals surface area contributed by atoms with Gasteiger partial charge in [-0.1, -0.05) is 6.42 Å². The number of non-ortho nitro benzene ring substituents is 1. The Labute approximate surface area is 126 Å². The van der Waals surface area contributed by atoms with Crippen LogP contribution in [-0.4, -0.2) is 28.5 Å². The van der Waals surface area contributed by atoms with E-state index in [0.717, 1.165) is 24.3 Å². The van der Waals surface area contributed by atoms with Gasteiger partial charge >= 0.3 is 0 Å². The largest absolute Gasteiger partial charge is 0.385 e. The van der Waals surface area contributed by atoms with Crippen LogP contribution in [0.5, 0.6) is 0 Å². The lowest BCUT2D eigenvalue weighted by Gasteiger charge is -2.39. The molecule has 21 heavy (non-hydrogen) atoms. The van der Waals surface area contributed by atoms with E-state index in [1.54, 1.807) is 12.1 Å². The summed E-state index contributed by atoms with van der Waals surface area (Å²) in [4.78, 5) is 13.2. The molecule has 0 saturated carbocycles. The summed E-state index contributed by atoms with van der Waals surface area (Å²) in [6, 6.07) is 6.18. The van der Waals surface area contributed by atoms with Crippen molar-refractivity contribution in [1.82, 2.24) is 4.90 Å². The number of rotatable bonds is 5. The van der Waals surface area contributed by atoms with Crippen molar-refractivity contribution in [3.05, 3.63) is 33.9 Å². The average molecular weight is 291 g/mol. The molecule has 5 nitrogen and oxygen atoms in total. The van der Waals surface area contributed by atoms with Crippen LogP contribution in [0.2, 0.25) is 0 Å². The lowest BCUT2D eigenvalue weighted by molar-refractivity contribution is -0.384. The first-order valence-electron chi connectivity index (χ1n) is 7.79. The molecule has 0 unspecified atom stereocenters. The summed E-state index contributed by atoms with van der Waals surface area (Å²) in [5, 5.41) is 14.3. The van der Waals surface area contributed by atoms with Gasteiger partial charge in [0.2, 0.25) is 0 Å². The molecule has 0 spiro atoms. The van der Waals surface area contributed by atoms with Crippen LogP contribution in [0.3, 0.4) is 0 Å². The van der Waals surface area contributed by atoms with Gasteiger partial charge < -0.3 is 5.32 Å². The third-order valence-electron chi connectivity index (χ3n) is 4.40. The number of piperidine rings is 1. The van der Waals surface area contributed by atoms with Crippen molar-refractivity contribution < 1.29 is 4.92 Å². The molecule has 1 aromatic rings. The molecular weight excluding hydrogens is 266 g/mol. The Kier molecular flexibility index (Phi) is 5.17. The van der Waals surface area contributed by atoms with E-state index >= 15 is 0 Å². The van der Waals surface area contributed by atoms with Crippen molar-refractivity contribution in [2.45, 2.75) is 58.7 Å². The zero-order chi connectivity index (χ0) is 15.4. The van der Waals surface area contributed by atoms with Crippen LogP contribution in [0.15, 0.2) is 18.2 Å². The summed E-state index contributed by atoms with van der Waals surface area (Å²) in [5.74, 6) is 0. The zero-order valence-corrected chi connectivity index (χ0v) is 13.1. The quantitative estimate of drug-likeness (QED) is 0.662. The first-order chi connectivity index (χ1) is 10.0. The summed E-state index contributed by atoms with van der Waals surface area (Å²) in [7, 11) is 0. The van der Waals surface area contributed by atoms with Gasteiger partial charge in [-0.05, 0) is 45.2 Å². The number of benzene rings is 1. The first-order valence-corrected chi connectivity index (χ1v) is 7.79. The van der Waals surface area contributed by atoms with Crippen molar-refractivity contribution in [2.24, 2.45) is 0 Å². The molecule has 0 radical (unpaired) electrons. The molecule has 0 bridgehead atoms. The van der Waals surface area contributed by atoms with E-state index in [4.69, 9.17) is 0 Å². The molecule has 1 aliphatic heterocycles. The van der Waals surface area contributed by atoms with Gasteiger partial charge in [0, 0.05) is 43.0 Å². The summed E-state index contributed by atoms with van der Waals surface area (Å²) in [6.07, 6.45) is 3.68. The van der Waals surface area contributed by atoms with Crippen molar-refractivity contribution in [2.75, 3.05) is 11.9 Å². The fraction of sp³-hybridized carbons (Fsp3) is 0.625. The number of nitrogens with one attached hydrogen (secondary N) is 1. The number of hydrogen-bond acceptors (Lipinski definition) is 4. The monoisotopic (exact) mass is 291 g/mol. The topological polar surface area (TPSA) is 58.4 Å². The SMILES string of the molecule is CCNc1ccc([N+](=O)[O-])cc1CN1[C@H](C)CCC[C@@H]1C. The van der Waals surface area contributed by atoms with Crippen LogP contribution in [0.25, 0.3) is 0 Å². The van der Waals surface area contributed by atoms with Gasteiger partial charge in [0.1, 0.15) is 0 Å². The summed E-state index contributed by atoms with van der Waals surface area (Å²) in [5.41, 5.74) is 2.20. The number of nitrogens with zero attached hydrogens (tertiary/aromatic N) is 2. The van der Waals surface area contributed by atoms with Gasteiger partial charge in [-0.3, -0.25) is 15.0 Å². The molecule has 0 aliphatic carbocycles. The molecular formula is C16H25N3O2. The molecule has 0 aromatic heterocycles. The molecule has 0 amide bonds. The van der Waals surface area contributed by atoms with Crippen molar-refractivity contribution in [3.8, 4) is 0 Å². The van der Waals surface area contributed by atoms with Gasteiger partial charge in [-0.2, -0.15) is 0 Å². The summed E-state index contributed by atoms with van der Waals surface area (Å²) >= 11 is 0. The van der Waals surface area contributed by atoms with E-state index in [-0.39, 0.29) is 10.6 Å². The lowest BCUT2D eigenvalue weighted by atomic mass is 9.96. The fourth-order valence-corrected chi connectivity index (χ4v) is 3.17. The van der Waals surface area contributed by atoms with Crippen molar-refractivity contribution in [1.29, 1.82) is 0 Å². The third kappa shape index (κ3) is 3.73. The van der Waals surface area contributed by atoms with E-state index in [1.807, 2.05) is 13.0 Å². The maximum Gasteiger partial charge on any atom is 0.269 e. The molecule has 1 saturated heterocycles. The molecule has 116 valence electrons. The van der Waals surface area contributed by atoms with Crippen LogP contribution in [0, 0.1) is 10.1 Å². The zero-order valence-electron chi connectivity index (χ0n) is 13.1. The Hall–Kier alpha value is -1.62. The molecule has 1 heterocycles. The maximum atomic E-state index is 11.0. The highest BCUT2D eigenvalue weighted by Crippen LogP contribution is 2.29. The Bertz CT molecular complexity index is 494. The minimum atomic E-state index is -0.317. The molecule has 2 rings (SSSR count).